The summed E-state index contributed by atoms with van der Waals surface area (Å²) >= 11 is 1.71. The number of nitrogens with zero attached hydrogens (tertiary/aromatic N) is 1. The van der Waals surface area contributed by atoms with Crippen LogP contribution in [0, 0.1) is 0 Å². The minimum atomic E-state index is -2.92. The normalized spacial score (nSPS) is 12.0. The van der Waals surface area contributed by atoms with Crippen molar-refractivity contribution in [3.8, 4) is 0 Å². The van der Waals surface area contributed by atoms with E-state index in [-0.39, 0.29) is 0 Å². The lowest BCUT2D eigenvalue weighted by Gasteiger charge is -2.28. The Balaban J connectivity index is 1.94. The number of hydrogen-bond donors (Lipinski definition) is 0. The zero-order chi connectivity index (χ0) is 18.6. The van der Waals surface area contributed by atoms with Crippen LogP contribution in [0.3, 0.4) is 0 Å². The summed E-state index contributed by atoms with van der Waals surface area (Å²) in [6.45, 7) is 2.13. The predicted octanol–water partition coefficient (Wildman–Crippen LogP) is 4.74. The van der Waals surface area contributed by atoms with Gasteiger partial charge in [0.25, 0.3) is 0 Å². The molecule has 3 rings (SSSR count). The van der Waals surface area contributed by atoms with Gasteiger partial charge in [-0.05, 0) is 41.0 Å². The molecule has 0 saturated carbocycles. The summed E-state index contributed by atoms with van der Waals surface area (Å²) < 4.78 is 19.5. The van der Waals surface area contributed by atoms with Crippen molar-refractivity contribution in [3.05, 3.63) is 48.0 Å². The lowest BCUT2D eigenvalue weighted by molar-refractivity contribution is 0.139. The molecule has 26 heavy (non-hydrogen) atoms. The van der Waals surface area contributed by atoms with Crippen molar-refractivity contribution in [2.45, 2.75) is 22.6 Å². The Morgan fingerprint density at radius 3 is 2.35 bits per heavy atom. The van der Waals surface area contributed by atoms with Gasteiger partial charge in [0.1, 0.15) is 0 Å². The number of benzene rings is 2. The third-order valence-electron chi connectivity index (χ3n) is 4.08. The first kappa shape index (κ1) is 19.9. The van der Waals surface area contributed by atoms with Gasteiger partial charge in [-0.2, -0.15) is 0 Å². The molecule has 0 atom stereocenters. The van der Waals surface area contributed by atoms with Crippen molar-refractivity contribution in [3.63, 3.8) is 0 Å². The van der Waals surface area contributed by atoms with Crippen LogP contribution in [0.15, 0.2) is 51.7 Å². The van der Waals surface area contributed by atoms with Crippen LogP contribution < -0.4 is 5.19 Å². The molecule has 0 saturated heterocycles. The molecule has 0 aliphatic heterocycles. The standard InChI is InChI=1S/C18H21NO3S3Si/c1-5-13-9-8-12-16(17(13)26(20-2,21-3)22-4)24-25-18-19-14-10-6-7-11-15(14)23-18/h6-12H,5H2,1-4H3. The fourth-order valence-corrected chi connectivity index (χ4v) is 9.08. The molecule has 138 valence electrons. The number of hydrogen-bond acceptors (Lipinski definition) is 7. The van der Waals surface area contributed by atoms with Crippen molar-refractivity contribution in [1.82, 2.24) is 4.98 Å². The molecule has 1 heterocycles. The summed E-state index contributed by atoms with van der Waals surface area (Å²) in [5, 5.41) is 1.05. The van der Waals surface area contributed by atoms with Crippen LogP contribution >= 0.6 is 32.9 Å². The van der Waals surface area contributed by atoms with E-state index in [2.05, 4.69) is 31.2 Å². The molecule has 1 aromatic heterocycles. The van der Waals surface area contributed by atoms with Crippen molar-refractivity contribution in [1.29, 1.82) is 0 Å². The Kier molecular flexibility index (Phi) is 6.79. The maximum absolute atomic E-state index is 5.76. The van der Waals surface area contributed by atoms with E-state index in [9.17, 15) is 0 Å². The lowest BCUT2D eigenvalue weighted by atomic mass is 10.2. The van der Waals surface area contributed by atoms with Gasteiger partial charge in [0.2, 0.25) is 0 Å². The molecular weight excluding hydrogens is 402 g/mol. The number of para-hydroxylation sites is 1. The molecule has 2 aromatic carbocycles. The van der Waals surface area contributed by atoms with Crippen molar-refractivity contribution < 1.29 is 13.3 Å². The number of thiazole rings is 1. The van der Waals surface area contributed by atoms with Gasteiger partial charge in [-0.3, -0.25) is 0 Å². The van der Waals surface area contributed by atoms with Gasteiger partial charge in [-0.15, -0.1) is 11.3 Å². The molecule has 4 nitrogen and oxygen atoms in total. The third kappa shape index (κ3) is 3.86. The van der Waals surface area contributed by atoms with Gasteiger partial charge < -0.3 is 13.3 Å². The zero-order valence-electron chi connectivity index (χ0n) is 15.1. The lowest BCUT2D eigenvalue weighted by Crippen LogP contribution is -2.56. The highest BCUT2D eigenvalue weighted by molar-refractivity contribution is 8.77. The molecule has 0 aliphatic rings. The number of aryl methyl sites for hydroxylation is 1. The van der Waals surface area contributed by atoms with Gasteiger partial charge in [0, 0.05) is 31.4 Å². The predicted molar refractivity (Wildman–Crippen MR) is 114 cm³/mol. The second-order valence-corrected chi connectivity index (χ2v) is 11.7. The fraction of sp³-hybridized carbons (Fsp3) is 0.278. The Bertz CT molecular complexity index is 842. The van der Waals surface area contributed by atoms with Gasteiger partial charge in [-0.25, -0.2) is 4.98 Å². The number of aromatic nitrogens is 1. The first-order valence-corrected chi connectivity index (χ1v) is 12.8. The summed E-state index contributed by atoms with van der Waals surface area (Å²) in [5.74, 6) is 0. The van der Waals surface area contributed by atoms with Gasteiger partial charge >= 0.3 is 8.80 Å². The van der Waals surface area contributed by atoms with Crippen molar-refractivity contribution >= 4 is 57.1 Å². The highest BCUT2D eigenvalue weighted by Gasteiger charge is 2.44. The maximum Gasteiger partial charge on any atom is 0.537 e. The van der Waals surface area contributed by atoms with Gasteiger partial charge in [0.05, 0.1) is 10.2 Å². The van der Waals surface area contributed by atoms with Crippen LogP contribution in [-0.4, -0.2) is 35.1 Å². The van der Waals surface area contributed by atoms with Gasteiger partial charge in [0.15, 0.2) is 4.34 Å². The summed E-state index contributed by atoms with van der Waals surface area (Å²) in [7, 11) is 5.37. The molecule has 0 aliphatic carbocycles. The topological polar surface area (TPSA) is 40.6 Å². The Morgan fingerprint density at radius 1 is 0.962 bits per heavy atom. The number of rotatable bonds is 8. The zero-order valence-corrected chi connectivity index (χ0v) is 18.6. The van der Waals surface area contributed by atoms with Crippen molar-refractivity contribution in [2.24, 2.45) is 0 Å². The van der Waals surface area contributed by atoms with E-state index >= 15 is 0 Å². The summed E-state index contributed by atoms with van der Waals surface area (Å²) in [6.07, 6.45) is 0.889. The summed E-state index contributed by atoms with van der Waals surface area (Å²) in [6, 6.07) is 14.5. The van der Waals surface area contributed by atoms with Crippen LogP contribution in [0.25, 0.3) is 10.2 Å². The van der Waals surface area contributed by atoms with Gasteiger partial charge in [-0.1, -0.05) is 42.0 Å². The van der Waals surface area contributed by atoms with E-state index in [1.807, 2.05) is 18.2 Å². The summed E-state index contributed by atoms with van der Waals surface area (Å²) in [4.78, 5) is 5.80. The molecule has 0 radical (unpaired) electrons. The maximum atomic E-state index is 5.76. The van der Waals surface area contributed by atoms with Crippen LogP contribution in [0.4, 0.5) is 0 Å². The largest absolute Gasteiger partial charge is 0.537 e. The average molecular weight is 424 g/mol. The van der Waals surface area contributed by atoms with Crippen molar-refractivity contribution in [2.75, 3.05) is 21.3 Å². The fourth-order valence-electron chi connectivity index (χ4n) is 2.81. The molecule has 8 heteroatoms. The van der Waals surface area contributed by atoms with E-state index in [0.29, 0.717) is 0 Å². The molecule has 0 unspecified atom stereocenters. The van der Waals surface area contributed by atoms with E-state index in [1.54, 1.807) is 54.3 Å². The Labute approximate surface area is 167 Å². The molecule has 3 aromatic rings. The van der Waals surface area contributed by atoms with Crippen LogP contribution in [0.5, 0.6) is 0 Å². The van der Waals surface area contributed by atoms with Crippen LogP contribution in [-0.2, 0) is 19.7 Å². The SMILES string of the molecule is CCc1cccc(SSc2nc3ccccc3s2)c1[Si](OC)(OC)OC. The first-order valence-electron chi connectivity index (χ1n) is 8.15. The molecule has 0 amide bonds. The molecule has 0 fully saturated rings. The third-order valence-corrected chi connectivity index (χ3v) is 10.8. The van der Waals surface area contributed by atoms with E-state index < -0.39 is 8.80 Å². The molecular formula is C18H21NO3S3Si. The van der Waals surface area contributed by atoms with E-state index in [0.717, 1.165) is 26.4 Å². The second kappa shape index (κ2) is 8.88. The van der Waals surface area contributed by atoms with E-state index in [1.165, 1.54) is 10.3 Å². The van der Waals surface area contributed by atoms with E-state index in [4.69, 9.17) is 18.3 Å². The Hall–Kier alpha value is -0.873. The quantitative estimate of drug-likeness (QED) is 0.385. The Morgan fingerprint density at radius 2 is 1.69 bits per heavy atom. The smallest absolute Gasteiger partial charge is 0.373 e. The highest BCUT2D eigenvalue weighted by atomic mass is 33.1. The minimum absolute atomic E-state index is 0.889. The number of fused-ring (bicyclic) bond motifs is 1. The monoisotopic (exact) mass is 423 g/mol. The molecule has 0 bridgehead atoms. The first-order chi connectivity index (χ1) is 12.7. The minimum Gasteiger partial charge on any atom is -0.373 e. The highest BCUT2D eigenvalue weighted by Crippen LogP contribution is 2.41. The second-order valence-electron chi connectivity index (χ2n) is 5.43. The summed E-state index contributed by atoms with van der Waals surface area (Å²) in [5.41, 5.74) is 2.23. The molecule has 0 spiro atoms. The molecule has 0 N–H and O–H groups in total. The average Bonchev–Trinajstić information content (AvgIpc) is 3.11. The van der Waals surface area contributed by atoms with Crippen LogP contribution in [0.1, 0.15) is 12.5 Å². The van der Waals surface area contributed by atoms with Crippen LogP contribution in [0.2, 0.25) is 0 Å².